The smallest absolute Gasteiger partial charge is 0.405 e. The van der Waals surface area contributed by atoms with E-state index in [1.807, 2.05) is 0 Å². The number of aromatic nitrogens is 2. The Kier molecular flexibility index (Phi) is 4.52. The van der Waals surface area contributed by atoms with Crippen molar-refractivity contribution in [2.45, 2.75) is 19.5 Å². The molecule has 0 unspecified atom stereocenters. The fourth-order valence-electron chi connectivity index (χ4n) is 1.42. The number of carbonyl (C=O) groups is 1. The van der Waals surface area contributed by atoms with Crippen LogP contribution in [-0.4, -0.2) is 40.3 Å². The number of aromatic amines is 1. The highest BCUT2D eigenvalue weighted by atomic mass is 19.4. The molecule has 1 rings (SSSR count). The monoisotopic (exact) mass is 279 g/mol. The summed E-state index contributed by atoms with van der Waals surface area (Å²) in [5, 5.41) is 8.62. The van der Waals surface area contributed by atoms with Gasteiger partial charge in [-0.1, -0.05) is 6.92 Å². The quantitative estimate of drug-likeness (QED) is 0.832. The molecule has 0 amide bonds. The maximum absolute atomic E-state index is 12.4. The van der Waals surface area contributed by atoms with Gasteiger partial charge in [0.2, 0.25) is 0 Å². The molecular formula is C10H12F3N3O3. The number of rotatable bonds is 5. The van der Waals surface area contributed by atoms with Crippen LogP contribution in [0.15, 0.2) is 10.9 Å². The minimum Gasteiger partial charge on any atom is -0.480 e. The zero-order chi connectivity index (χ0) is 14.6. The number of aryl methyl sites for hydroxylation is 1. The van der Waals surface area contributed by atoms with Crippen LogP contribution in [0, 0.1) is 0 Å². The Hall–Kier alpha value is -2.06. The van der Waals surface area contributed by atoms with E-state index in [1.54, 1.807) is 6.92 Å². The number of halogens is 3. The predicted octanol–water partition coefficient (Wildman–Crippen LogP) is 0.786. The molecule has 0 saturated carbocycles. The Labute approximate surface area is 105 Å². The highest BCUT2D eigenvalue weighted by Crippen LogP contribution is 2.19. The second kappa shape index (κ2) is 5.72. The number of H-pyrrole nitrogens is 1. The lowest BCUT2D eigenvalue weighted by molar-refractivity contribution is -0.136. The molecule has 0 spiro atoms. The third-order valence-electron chi connectivity index (χ3n) is 2.13. The van der Waals surface area contributed by atoms with Crippen molar-refractivity contribution in [1.82, 2.24) is 9.97 Å². The summed E-state index contributed by atoms with van der Waals surface area (Å²) in [4.78, 5) is 28.5. The molecule has 1 heterocycles. The average molecular weight is 279 g/mol. The molecule has 9 heteroatoms. The van der Waals surface area contributed by atoms with Crippen molar-refractivity contribution in [3.8, 4) is 0 Å². The van der Waals surface area contributed by atoms with Gasteiger partial charge in [0.05, 0.1) is 0 Å². The van der Waals surface area contributed by atoms with Gasteiger partial charge in [0.25, 0.3) is 5.56 Å². The molecule has 0 aromatic carbocycles. The van der Waals surface area contributed by atoms with Gasteiger partial charge < -0.3 is 15.0 Å². The second-order valence-electron chi connectivity index (χ2n) is 3.77. The molecule has 1 aromatic heterocycles. The van der Waals surface area contributed by atoms with E-state index in [1.165, 1.54) is 0 Å². The molecule has 1 aromatic rings. The molecule has 0 radical (unpaired) electrons. The van der Waals surface area contributed by atoms with Crippen molar-refractivity contribution in [3.63, 3.8) is 0 Å². The van der Waals surface area contributed by atoms with E-state index >= 15 is 0 Å². The lowest BCUT2D eigenvalue weighted by atomic mass is 10.4. The molecule has 2 N–H and O–H groups in total. The van der Waals surface area contributed by atoms with Gasteiger partial charge in [-0.3, -0.25) is 9.59 Å². The second-order valence-corrected chi connectivity index (χ2v) is 3.77. The zero-order valence-corrected chi connectivity index (χ0v) is 9.99. The first-order chi connectivity index (χ1) is 8.71. The van der Waals surface area contributed by atoms with Gasteiger partial charge in [0, 0.05) is 12.5 Å². The fourth-order valence-corrected chi connectivity index (χ4v) is 1.42. The van der Waals surface area contributed by atoms with Gasteiger partial charge in [-0.2, -0.15) is 13.2 Å². The number of nitrogens with one attached hydrogen (secondary N) is 1. The number of anilines is 1. The van der Waals surface area contributed by atoms with E-state index in [0.29, 0.717) is 11.3 Å². The Balaban J connectivity index is 3.12. The highest BCUT2D eigenvalue weighted by molar-refractivity contribution is 5.73. The van der Waals surface area contributed by atoms with Crippen LogP contribution in [0.1, 0.15) is 12.7 Å². The van der Waals surface area contributed by atoms with Crippen molar-refractivity contribution in [3.05, 3.63) is 22.2 Å². The van der Waals surface area contributed by atoms with E-state index in [-0.39, 0.29) is 11.6 Å². The van der Waals surface area contributed by atoms with E-state index in [0.717, 1.165) is 6.07 Å². The van der Waals surface area contributed by atoms with E-state index in [9.17, 15) is 22.8 Å². The van der Waals surface area contributed by atoms with Crippen LogP contribution in [0.25, 0.3) is 0 Å². The summed E-state index contributed by atoms with van der Waals surface area (Å²) in [6.07, 6.45) is -4.28. The third-order valence-corrected chi connectivity index (χ3v) is 2.13. The van der Waals surface area contributed by atoms with Gasteiger partial charge in [-0.05, 0) is 0 Å². The summed E-state index contributed by atoms with van der Waals surface area (Å²) in [7, 11) is 0. The standard InChI is InChI=1S/C10H12F3N3O3/c1-2-6-14-7(3-8(17)15-6)16(4-9(18)19)5-10(11,12)13/h3H,2,4-5H2,1H3,(H,18,19)(H,14,15,17). The maximum atomic E-state index is 12.4. The lowest BCUT2D eigenvalue weighted by Gasteiger charge is -2.23. The normalized spacial score (nSPS) is 11.4. The van der Waals surface area contributed by atoms with Crippen LogP contribution in [0.4, 0.5) is 19.0 Å². The summed E-state index contributed by atoms with van der Waals surface area (Å²) < 4.78 is 37.1. The van der Waals surface area contributed by atoms with Crippen LogP contribution in [0.3, 0.4) is 0 Å². The predicted molar refractivity (Wildman–Crippen MR) is 60.1 cm³/mol. The number of alkyl halides is 3. The number of aliphatic carboxylic acids is 1. The zero-order valence-electron chi connectivity index (χ0n) is 9.99. The molecule has 106 valence electrons. The van der Waals surface area contributed by atoms with Crippen LogP contribution < -0.4 is 10.5 Å². The Bertz CT molecular complexity index is 513. The van der Waals surface area contributed by atoms with Crippen LogP contribution in [0.2, 0.25) is 0 Å². The first kappa shape index (κ1) is 15.0. The molecule has 0 saturated heterocycles. The van der Waals surface area contributed by atoms with Crippen molar-refractivity contribution in [1.29, 1.82) is 0 Å². The molecule has 0 aliphatic heterocycles. The van der Waals surface area contributed by atoms with E-state index < -0.39 is 30.8 Å². The van der Waals surface area contributed by atoms with Crippen LogP contribution >= 0.6 is 0 Å². The molecular weight excluding hydrogens is 267 g/mol. The molecule has 0 fully saturated rings. The highest BCUT2D eigenvalue weighted by Gasteiger charge is 2.32. The molecule has 0 aliphatic carbocycles. The van der Waals surface area contributed by atoms with E-state index in [2.05, 4.69) is 9.97 Å². The van der Waals surface area contributed by atoms with Crippen molar-refractivity contribution in [2.24, 2.45) is 0 Å². The SMILES string of the molecule is CCc1nc(N(CC(=O)O)CC(F)(F)F)cc(=O)[nH]1. The minimum atomic E-state index is -4.59. The first-order valence-electron chi connectivity index (χ1n) is 5.35. The van der Waals surface area contributed by atoms with Gasteiger partial charge in [-0.25, -0.2) is 4.98 Å². The largest absolute Gasteiger partial charge is 0.480 e. The van der Waals surface area contributed by atoms with Crippen molar-refractivity contribution in [2.75, 3.05) is 18.0 Å². The summed E-state index contributed by atoms with van der Waals surface area (Å²) in [6.45, 7) is -0.717. The molecule has 0 atom stereocenters. The fraction of sp³-hybridized carbons (Fsp3) is 0.500. The van der Waals surface area contributed by atoms with Crippen molar-refractivity contribution < 1.29 is 23.1 Å². The number of nitrogens with zero attached hydrogens (tertiary/aromatic N) is 2. The summed E-state index contributed by atoms with van der Waals surface area (Å²) >= 11 is 0. The van der Waals surface area contributed by atoms with Crippen molar-refractivity contribution >= 4 is 11.8 Å². The first-order valence-corrected chi connectivity index (χ1v) is 5.35. The number of carboxylic acids is 1. The van der Waals surface area contributed by atoms with Gasteiger partial charge in [-0.15, -0.1) is 0 Å². The topological polar surface area (TPSA) is 86.3 Å². The third kappa shape index (κ3) is 4.98. The Morgan fingerprint density at radius 3 is 2.63 bits per heavy atom. The Morgan fingerprint density at radius 1 is 1.53 bits per heavy atom. The summed E-state index contributed by atoms with van der Waals surface area (Å²) in [5.41, 5.74) is -0.626. The number of carboxylic acid groups (broad SMARTS) is 1. The van der Waals surface area contributed by atoms with Gasteiger partial charge in [0.1, 0.15) is 24.7 Å². The lowest BCUT2D eigenvalue weighted by Crippen LogP contribution is -2.39. The molecule has 0 bridgehead atoms. The maximum Gasteiger partial charge on any atom is 0.405 e. The number of hydrogen-bond donors (Lipinski definition) is 2. The molecule has 6 nitrogen and oxygen atoms in total. The molecule has 0 aliphatic rings. The van der Waals surface area contributed by atoms with Crippen LogP contribution in [0.5, 0.6) is 0 Å². The van der Waals surface area contributed by atoms with E-state index in [4.69, 9.17) is 5.11 Å². The summed E-state index contributed by atoms with van der Waals surface area (Å²) in [5.74, 6) is -1.55. The number of hydrogen-bond acceptors (Lipinski definition) is 4. The molecule has 19 heavy (non-hydrogen) atoms. The summed E-state index contributed by atoms with van der Waals surface area (Å²) in [6, 6.07) is 0.841. The minimum absolute atomic E-state index is 0.195. The average Bonchev–Trinajstić information content (AvgIpc) is 2.24. The Morgan fingerprint density at radius 2 is 2.16 bits per heavy atom. The van der Waals surface area contributed by atoms with Crippen LogP contribution in [-0.2, 0) is 11.2 Å². The van der Waals surface area contributed by atoms with Gasteiger partial charge >= 0.3 is 12.1 Å². The van der Waals surface area contributed by atoms with Gasteiger partial charge in [0.15, 0.2) is 0 Å².